The minimum absolute atomic E-state index is 0.174. The first-order valence-corrected chi connectivity index (χ1v) is 6.42. The maximum atomic E-state index is 12.2. The smallest absolute Gasteiger partial charge is 0.257 e. The molecule has 0 aliphatic heterocycles. The Bertz CT molecular complexity index is 713. The fraction of sp³-hybridized carbons (Fsp3) is 0.188. The van der Waals surface area contributed by atoms with Crippen LogP contribution in [0, 0.1) is 25.7 Å². The van der Waals surface area contributed by atoms with Gasteiger partial charge in [0.25, 0.3) is 5.91 Å². The fourth-order valence-electron chi connectivity index (χ4n) is 1.76. The number of carbonyl (C=O) groups excluding carboxylic acids is 1. The molecule has 0 atom stereocenters. The SMILES string of the molecule is Cc1cc(C(=O)Nc2ccc(C#CCO)cc2)c(C)nn1. The monoisotopic (exact) mass is 281 g/mol. The average molecular weight is 281 g/mol. The summed E-state index contributed by atoms with van der Waals surface area (Å²) in [6, 6.07) is 8.79. The summed E-state index contributed by atoms with van der Waals surface area (Å²) in [5.74, 6) is 5.14. The summed E-state index contributed by atoms with van der Waals surface area (Å²) in [7, 11) is 0. The van der Waals surface area contributed by atoms with E-state index < -0.39 is 0 Å². The number of rotatable bonds is 2. The molecule has 1 aromatic carbocycles. The zero-order chi connectivity index (χ0) is 15.2. The molecule has 2 aromatic rings. The number of nitrogens with zero attached hydrogens (tertiary/aromatic N) is 2. The summed E-state index contributed by atoms with van der Waals surface area (Å²) in [5.41, 5.74) is 3.23. The van der Waals surface area contributed by atoms with Gasteiger partial charge in [0.15, 0.2) is 0 Å². The molecule has 0 unspecified atom stereocenters. The molecule has 5 nitrogen and oxygen atoms in total. The maximum absolute atomic E-state index is 12.2. The van der Waals surface area contributed by atoms with Crippen LogP contribution in [0.2, 0.25) is 0 Å². The second kappa shape index (κ2) is 6.64. The molecule has 0 spiro atoms. The van der Waals surface area contributed by atoms with Gasteiger partial charge in [-0.3, -0.25) is 4.79 Å². The topological polar surface area (TPSA) is 75.1 Å². The molecule has 0 radical (unpaired) electrons. The lowest BCUT2D eigenvalue weighted by Gasteiger charge is -2.07. The highest BCUT2D eigenvalue weighted by molar-refractivity contribution is 6.05. The van der Waals surface area contributed by atoms with Crippen LogP contribution in [0.3, 0.4) is 0 Å². The van der Waals surface area contributed by atoms with Gasteiger partial charge in [-0.15, -0.1) is 0 Å². The average Bonchev–Trinajstić information content (AvgIpc) is 2.49. The van der Waals surface area contributed by atoms with Gasteiger partial charge >= 0.3 is 0 Å². The van der Waals surface area contributed by atoms with E-state index in [1.54, 1.807) is 44.2 Å². The van der Waals surface area contributed by atoms with Gasteiger partial charge in [0.05, 0.1) is 17.0 Å². The van der Waals surface area contributed by atoms with E-state index in [1.165, 1.54) is 0 Å². The number of anilines is 1. The Hall–Kier alpha value is -2.71. The molecule has 0 saturated carbocycles. The second-order valence-corrected chi connectivity index (χ2v) is 4.48. The highest BCUT2D eigenvalue weighted by Crippen LogP contribution is 2.12. The predicted octanol–water partition coefficient (Wildman–Crippen LogP) is 1.69. The van der Waals surface area contributed by atoms with Gasteiger partial charge in [0, 0.05) is 11.3 Å². The van der Waals surface area contributed by atoms with Crippen molar-refractivity contribution >= 4 is 11.6 Å². The Balaban J connectivity index is 2.14. The molecule has 21 heavy (non-hydrogen) atoms. The summed E-state index contributed by atoms with van der Waals surface area (Å²) in [6.45, 7) is 3.36. The minimum atomic E-state index is -0.223. The normalized spacial score (nSPS) is 9.67. The molecular weight excluding hydrogens is 266 g/mol. The Morgan fingerprint density at radius 3 is 2.62 bits per heavy atom. The van der Waals surface area contributed by atoms with Crippen molar-refractivity contribution in [2.24, 2.45) is 0 Å². The Morgan fingerprint density at radius 1 is 1.24 bits per heavy atom. The van der Waals surface area contributed by atoms with Crippen molar-refractivity contribution in [2.45, 2.75) is 13.8 Å². The standard InChI is InChI=1S/C16H15N3O2/c1-11-10-15(12(2)19-18-11)16(21)17-14-7-5-13(6-8-14)4-3-9-20/h5-8,10,20H,9H2,1-2H3,(H,17,21). The van der Waals surface area contributed by atoms with Crippen molar-refractivity contribution < 1.29 is 9.90 Å². The van der Waals surface area contributed by atoms with E-state index in [0.717, 1.165) is 5.56 Å². The van der Waals surface area contributed by atoms with Crippen LogP contribution in [0.5, 0.6) is 0 Å². The first kappa shape index (κ1) is 14.7. The molecule has 0 aliphatic rings. The number of aliphatic hydroxyl groups is 1. The Kier molecular flexibility index (Phi) is 4.64. The summed E-state index contributed by atoms with van der Waals surface area (Å²) in [6.07, 6.45) is 0. The third kappa shape index (κ3) is 3.88. The lowest BCUT2D eigenvalue weighted by Crippen LogP contribution is -2.15. The summed E-state index contributed by atoms with van der Waals surface area (Å²) < 4.78 is 0. The third-order valence-corrected chi connectivity index (χ3v) is 2.80. The van der Waals surface area contributed by atoms with Gasteiger partial charge in [0.1, 0.15) is 6.61 Å². The van der Waals surface area contributed by atoms with Crippen LogP contribution < -0.4 is 5.32 Å². The zero-order valence-electron chi connectivity index (χ0n) is 11.8. The van der Waals surface area contributed by atoms with Crippen LogP contribution >= 0.6 is 0 Å². The Labute approximate surface area is 123 Å². The Morgan fingerprint density at radius 2 is 1.95 bits per heavy atom. The highest BCUT2D eigenvalue weighted by atomic mass is 16.2. The number of benzene rings is 1. The molecule has 1 aromatic heterocycles. The minimum Gasteiger partial charge on any atom is -0.384 e. The lowest BCUT2D eigenvalue weighted by atomic mass is 10.1. The van der Waals surface area contributed by atoms with Crippen molar-refractivity contribution in [2.75, 3.05) is 11.9 Å². The zero-order valence-corrected chi connectivity index (χ0v) is 11.8. The van der Waals surface area contributed by atoms with Crippen molar-refractivity contribution in [3.8, 4) is 11.8 Å². The molecule has 106 valence electrons. The number of aliphatic hydroxyl groups excluding tert-OH is 1. The summed E-state index contributed by atoms with van der Waals surface area (Å²) >= 11 is 0. The molecule has 5 heteroatoms. The predicted molar refractivity (Wildman–Crippen MR) is 79.9 cm³/mol. The number of aryl methyl sites for hydroxylation is 2. The van der Waals surface area contributed by atoms with Gasteiger partial charge in [0.2, 0.25) is 0 Å². The van der Waals surface area contributed by atoms with Crippen molar-refractivity contribution in [1.29, 1.82) is 0 Å². The van der Waals surface area contributed by atoms with Gasteiger partial charge in [-0.1, -0.05) is 11.8 Å². The quantitative estimate of drug-likeness (QED) is 0.821. The number of hydrogen-bond donors (Lipinski definition) is 2. The molecule has 1 heterocycles. The van der Waals surface area contributed by atoms with E-state index in [2.05, 4.69) is 27.4 Å². The number of hydrogen-bond acceptors (Lipinski definition) is 4. The number of nitrogens with one attached hydrogen (secondary N) is 1. The van der Waals surface area contributed by atoms with E-state index in [4.69, 9.17) is 5.11 Å². The fourth-order valence-corrected chi connectivity index (χ4v) is 1.76. The van der Waals surface area contributed by atoms with Crippen molar-refractivity contribution in [3.05, 3.63) is 52.8 Å². The molecule has 0 bridgehead atoms. The van der Waals surface area contributed by atoms with Crippen LogP contribution in [-0.4, -0.2) is 27.8 Å². The summed E-state index contributed by atoms with van der Waals surface area (Å²) in [4.78, 5) is 12.2. The molecule has 0 aliphatic carbocycles. The van der Waals surface area contributed by atoms with Crippen molar-refractivity contribution in [1.82, 2.24) is 10.2 Å². The van der Waals surface area contributed by atoms with Gasteiger partial charge < -0.3 is 10.4 Å². The van der Waals surface area contributed by atoms with E-state index in [0.29, 0.717) is 22.6 Å². The van der Waals surface area contributed by atoms with Gasteiger partial charge in [-0.2, -0.15) is 10.2 Å². The number of aromatic nitrogens is 2. The molecule has 2 N–H and O–H groups in total. The van der Waals surface area contributed by atoms with E-state index >= 15 is 0 Å². The third-order valence-electron chi connectivity index (χ3n) is 2.80. The second-order valence-electron chi connectivity index (χ2n) is 4.48. The largest absolute Gasteiger partial charge is 0.384 e. The van der Waals surface area contributed by atoms with Crippen LogP contribution in [0.25, 0.3) is 0 Å². The van der Waals surface area contributed by atoms with E-state index in [-0.39, 0.29) is 12.5 Å². The maximum Gasteiger partial charge on any atom is 0.257 e. The number of carbonyl (C=O) groups is 1. The highest BCUT2D eigenvalue weighted by Gasteiger charge is 2.11. The lowest BCUT2D eigenvalue weighted by molar-refractivity contribution is 0.102. The molecule has 0 fully saturated rings. The first-order chi connectivity index (χ1) is 10.1. The number of amides is 1. The summed E-state index contributed by atoms with van der Waals surface area (Å²) in [5, 5.41) is 19.3. The molecular formula is C16H15N3O2. The van der Waals surface area contributed by atoms with E-state index in [1.807, 2.05) is 0 Å². The van der Waals surface area contributed by atoms with E-state index in [9.17, 15) is 4.79 Å². The first-order valence-electron chi connectivity index (χ1n) is 6.42. The van der Waals surface area contributed by atoms with Crippen molar-refractivity contribution in [3.63, 3.8) is 0 Å². The van der Waals surface area contributed by atoms with Gasteiger partial charge in [-0.05, 0) is 44.2 Å². The molecule has 0 saturated heterocycles. The van der Waals surface area contributed by atoms with Gasteiger partial charge in [-0.25, -0.2) is 0 Å². The van der Waals surface area contributed by atoms with Crippen LogP contribution in [0.15, 0.2) is 30.3 Å². The van der Waals surface area contributed by atoms with Crippen LogP contribution in [-0.2, 0) is 0 Å². The van der Waals surface area contributed by atoms with Crippen LogP contribution in [0.4, 0.5) is 5.69 Å². The molecule has 1 amide bonds. The molecule has 2 rings (SSSR count). The van der Waals surface area contributed by atoms with Crippen LogP contribution in [0.1, 0.15) is 27.3 Å².